The zero-order chi connectivity index (χ0) is 25.0. The lowest BCUT2D eigenvalue weighted by molar-refractivity contribution is -0.135. The monoisotopic (exact) mass is 532 g/mol. The Kier molecular flexibility index (Phi) is 8.16. The van der Waals surface area contributed by atoms with Gasteiger partial charge >= 0.3 is 0 Å². The Morgan fingerprint density at radius 2 is 1.86 bits per heavy atom. The van der Waals surface area contributed by atoms with Gasteiger partial charge < -0.3 is 9.64 Å². The van der Waals surface area contributed by atoms with E-state index in [4.69, 9.17) is 16.3 Å². The summed E-state index contributed by atoms with van der Waals surface area (Å²) in [6.07, 6.45) is 1.35. The molecule has 9 heteroatoms. The number of benzene rings is 2. The van der Waals surface area contributed by atoms with Crippen molar-refractivity contribution < 1.29 is 17.9 Å². The van der Waals surface area contributed by atoms with Crippen LogP contribution in [0.1, 0.15) is 35.4 Å². The van der Waals surface area contributed by atoms with Crippen LogP contribution < -0.4 is 4.74 Å². The minimum atomic E-state index is -3.80. The highest BCUT2D eigenvalue weighted by Crippen LogP contribution is 2.34. The van der Waals surface area contributed by atoms with E-state index in [-0.39, 0.29) is 36.5 Å². The van der Waals surface area contributed by atoms with E-state index in [9.17, 15) is 13.2 Å². The average Bonchev–Trinajstić information content (AvgIpc) is 3.32. The summed E-state index contributed by atoms with van der Waals surface area (Å²) >= 11 is 7.65. The van der Waals surface area contributed by atoms with Gasteiger partial charge in [-0.3, -0.25) is 4.79 Å². The lowest BCUT2D eigenvalue weighted by atomic mass is 10.0. The largest absolute Gasteiger partial charge is 0.491 e. The van der Waals surface area contributed by atoms with Crippen molar-refractivity contribution >= 4 is 38.9 Å². The lowest BCUT2D eigenvalue weighted by Gasteiger charge is -2.37. The van der Waals surface area contributed by atoms with Gasteiger partial charge in [0, 0.05) is 23.0 Å². The SMILES string of the molecule is CCCN(CC(=O)N1CCc2sccc2[C@@H]1COc1ccc(Cl)cc1)S(=O)(=O)c1ccc(C)cc1. The van der Waals surface area contributed by atoms with E-state index in [0.29, 0.717) is 23.7 Å². The van der Waals surface area contributed by atoms with Crippen LogP contribution >= 0.6 is 22.9 Å². The second-order valence-electron chi connectivity index (χ2n) is 8.57. The van der Waals surface area contributed by atoms with E-state index in [0.717, 1.165) is 17.5 Å². The third-order valence-corrected chi connectivity index (χ3v) is 9.19. The number of hydrogen-bond donors (Lipinski definition) is 0. The van der Waals surface area contributed by atoms with Gasteiger partial charge in [0.1, 0.15) is 12.4 Å². The summed E-state index contributed by atoms with van der Waals surface area (Å²) in [7, 11) is -3.80. The molecule has 0 N–H and O–H groups in total. The Labute approximate surface area is 216 Å². The van der Waals surface area contributed by atoms with E-state index >= 15 is 0 Å². The molecule has 0 unspecified atom stereocenters. The molecule has 1 aliphatic heterocycles. The van der Waals surface area contributed by atoms with Crippen LogP contribution in [-0.4, -0.2) is 49.8 Å². The maximum absolute atomic E-state index is 13.6. The minimum Gasteiger partial charge on any atom is -0.491 e. The molecule has 0 radical (unpaired) electrons. The summed E-state index contributed by atoms with van der Waals surface area (Å²) in [4.78, 5) is 16.8. The Morgan fingerprint density at radius 3 is 2.54 bits per heavy atom. The average molecular weight is 533 g/mol. The van der Waals surface area contributed by atoms with Crippen molar-refractivity contribution in [2.24, 2.45) is 0 Å². The van der Waals surface area contributed by atoms with E-state index in [1.54, 1.807) is 64.8 Å². The summed E-state index contributed by atoms with van der Waals surface area (Å²) in [5.74, 6) is 0.439. The summed E-state index contributed by atoms with van der Waals surface area (Å²) in [5, 5.41) is 2.65. The summed E-state index contributed by atoms with van der Waals surface area (Å²) in [6, 6.07) is 15.6. The Balaban J connectivity index is 1.55. The Hall–Kier alpha value is -2.39. The molecule has 1 amide bonds. The maximum Gasteiger partial charge on any atom is 0.243 e. The third kappa shape index (κ3) is 5.89. The van der Waals surface area contributed by atoms with Crippen molar-refractivity contribution in [1.82, 2.24) is 9.21 Å². The van der Waals surface area contributed by atoms with Crippen LogP contribution in [0.2, 0.25) is 5.02 Å². The quantitative estimate of drug-likeness (QED) is 0.374. The topological polar surface area (TPSA) is 66.9 Å². The first-order chi connectivity index (χ1) is 16.8. The standard InChI is InChI=1S/C26H29ClN2O4S2/c1-3-14-28(35(31,32)22-10-4-19(2)5-11-22)17-26(30)29-15-12-25-23(13-16-34-25)24(29)18-33-21-8-6-20(27)7-9-21/h4-11,13,16,24H,3,12,14-15,17-18H2,1-2H3/t24-/m0/s1. The molecule has 0 saturated carbocycles. The lowest BCUT2D eigenvalue weighted by Crippen LogP contribution is -2.48. The smallest absolute Gasteiger partial charge is 0.243 e. The number of sulfonamides is 1. The van der Waals surface area contributed by atoms with Crippen LogP contribution in [0.25, 0.3) is 0 Å². The fraction of sp³-hybridized carbons (Fsp3) is 0.346. The normalized spacial score (nSPS) is 15.8. The predicted molar refractivity (Wildman–Crippen MR) is 140 cm³/mol. The molecule has 0 aliphatic carbocycles. The van der Waals surface area contributed by atoms with Crippen molar-refractivity contribution in [3.8, 4) is 5.75 Å². The van der Waals surface area contributed by atoms with Crippen LogP contribution in [-0.2, 0) is 21.2 Å². The number of aryl methyl sites for hydroxylation is 1. The van der Waals surface area contributed by atoms with Gasteiger partial charge in [0.2, 0.25) is 15.9 Å². The summed E-state index contributed by atoms with van der Waals surface area (Å²) in [6.45, 7) is 4.67. The van der Waals surface area contributed by atoms with Gasteiger partial charge in [0.15, 0.2) is 0 Å². The number of carbonyl (C=O) groups is 1. The highest BCUT2D eigenvalue weighted by Gasteiger charge is 2.35. The number of ether oxygens (including phenoxy) is 1. The first kappa shape index (κ1) is 25.7. The molecule has 186 valence electrons. The second-order valence-corrected chi connectivity index (χ2v) is 11.9. The van der Waals surface area contributed by atoms with Gasteiger partial charge in [-0.15, -0.1) is 11.3 Å². The molecule has 3 aromatic rings. The molecule has 0 spiro atoms. The van der Waals surface area contributed by atoms with Crippen LogP contribution in [0.5, 0.6) is 5.75 Å². The molecule has 1 atom stereocenters. The summed E-state index contributed by atoms with van der Waals surface area (Å²) < 4.78 is 34.0. The molecule has 0 bridgehead atoms. The number of fused-ring (bicyclic) bond motifs is 1. The van der Waals surface area contributed by atoms with Crippen LogP contribution in [0.3, 0.4) is 0 Å². The van der Waals surface area contributed by atoms with E-state index < -0.39 is 10.0 Å². The van der Waals surface area contributed by atoms with Gasteiger partial charge in [-0.1, -0.05) is 36.2 Å². The zero-order valence-corrected chi connectivity index (χ0v) is 22.2. The first-order valence-corrected chi connectivity index (χ1v) is 14.3. The van der Waals surface area contributed by atoms with Crippen molar-refractivity contribution in [3.63, 3.8) is 0 Å². The number of halogens is 1. The number of carbonyl (C=O) groups excluding carboxylic acids is 1. The van der Waals surface area contributed by atoms with Gasteiger partial charge in [-0.25, -0.2) is 8.42 Å². The van der Waals surface area contributed by atoms with E-state index in [1.165, 1.54) is 9.18 Å². The molecule has 2 heterocycles. The molecule has 0 saturated heterocycles. The molecule has 2 aromatic carbocycles. The maximum atomic E-state index is 13.6. The predicted octanol–water partition coefficient (Wildman–Crippen LogP) is 5.32. The Bertz CT molecular complexity index is 1260. The minimum absolute atomic E-state index is 0.200. The molecule has 6 nitrogen and oxygen atoms in total. The molecule has 35 heavy (non-hydrogen) atoms. The van der Waals surface area contributed by atoms with Gasteiger partial charge in [0.25, 0.3) is 0 Å². The van der Waals surface area contributed by atoms with Gasteiger partial charge in [-0.2, -0.15) is 4.31 Å². The van der Waals surface area contributed by atoms with Crippen molar-refractivity contribution in [2.45, 2.75) is 37.6 Å². The second kappa shape index (κ2) is 11.1. The third-order valence-electron chi connectivity index (χ3n) is 6.08. The molecule has 4 rings (SSSR count). The highest BCUT2D eigenvalue weighted by molar-refractivity contribution is 7.89. The Morgan fingerprint density at radius 1 is 1.14 bits per heavy atom. The van der Waals surface area contributed by atoms with Crippen LogP contribution in [0.15, 0.2) is 64.9 Å². The fourth-order valence-electron chi connectivity index (χ4n) is 4.22. The number of nitrogens with zero attached hydrogens (tertiary/aromatic N) is 2. The fourth-order valence-corrected chi connectivity index (χ4v) is 6.75. The zero-order valence-electron chi connectivity index (χ0n) is 19.8. The number of hydrogen-bond acceptors (Lipinski definition) is 5. The number of amides is 1. The summed E-state index contributed by atoms with van der Waals surface area (Å²) in [5.41, 5.74) is 2.04. The van der Waals surface area contributed by atoms with Crippen molar-refractivity contribution in [3.05, 3.63) is 81.0 Å². The van der Waals surface area contributed by atoms with Gasteiger partial charge in [0.05, 0.1) is 17.5 Å². The first-order valence-electron chi connectivity index (χ1n) is 11.6. The molecule has 0 fully saturated rings. The van der Waals surface area contributed by atoms with Gasteiger partial charge in [-0.05, 0) is 73.2 Å². The van der Waals surface area contributed by atoms with E-state index in [1.807, 2.05) is 25.3 Å². The molecular formula is C26H29ClN2O4S2. The van der Waals surface area contributed by atoms with Crippen molar-refractivity contribution in [2.75, 3.05) is 26.2 Å². The van der Waals surface area contributed by atoms with Crippen molar-refractivity contribution in [1.29, 1.82) is 0 Å². The van der Waals surface area contributed by atoms with Crippen LogP contribution in [0, 0.1) is 6.92 Å². The van der Waals surface area contributed by atoms with E-state index in [2.05, 4.69) is 0 Å². The van der Waals surface area contributed by atoms with Crippen LogP contribution in [0.4, 0.5) is 0 Å². The number of thiophene rings is 1. The molecular weight excluding hydrogens is 504 g/mol. The number of rotatable bonds is 9. The molecule has 1 aliphatic rings. The molecule has 1 aromatic heterocycles. The highest BCUT2D eigenvalue weighted by atomic mass is 35.5.